The zero-order chi connectivity index (χ0) is 25.2. The molecule has 10 heteroatoms. The quantitative estimate of drug-likeness (QED) is 0.395. The van der Waals surface area contributed by atoms with Gasteiger partial charge in [-0.1, -0.05) is 24.3 Å². The van der Waals surface area contributed by atoms with Gasteiger partial charge in [-0.15, -0.1) is 5.10 Å². The van der Waals surface area contributed by atoms with Crippen molar-refractivity contribution in [3.63, 3.8) is 0 Å². The molecule has 2 N–H and O–H groups in total. The number of rotatable bonds is 11. The molecule has 1 fully saturated rings. The molecule has 2 heterocycles. The Balaban J connectivity index is 1.18. The van der Waals surface area contributed by atoms with Gasteiger partial charge in [-0.25, -0.2) is 13.9 Å². The highest BCUT2D eigenvalue weighted by Gasteiger charge is 2.20. The summed E-state index contributed by atoms with van der Waals surface area (Å²) in [7, 11) is 1.63. The average Bonchev–Trinajstić information content (AvgIpc) is 3.36. The maximum absolute atomic E-state index is 13.2. The number of nitrogens with one attached hydrogen (secondary N) is 2. The number of anilines is 1. The van der Waals surface area contributed by atoms with Crippen molar-refractivity contribution in [2.24, 2.45) is 5.92 Å². The number of carbonyl (C=O) groups excluding carboxylic acids is 1. The molecule has 0 radical (unpaired) electrons. The molecule has 4 rings (SSSR count). The molecule has 3 aromatic rings. The number of benzene rings is 2. The predicted molar refractivity (Wildman–Crippen MR) is 136 cm³/mol. The summed E-state index contributed by atoms with van der Waals surface area (Å²) in [4.78, 5) is 14.9. The number of ether oxygens (including phenoxy) is 1. The van der Waals surface area contributed by atoms with Crippen LogP contribution >= 0.6 is 0 Å². The maximum atomic E-state index is 13.2. The van der Waals surface area contributed by atoms with Crippen molar-refractivity contribution in [1.29, 1.82) is 0 Å². The Morgan fingerprint density at radius 1 is 1.19 bits per heavy atom. The number of nitrogens with zero attached hydrogens (tertiary/aromatic N) is 5. The fourth-order valence-corrected chi connectivity index (χ4v) is 4.63. The van der Waals surface area contributed by atoms with E-state index < -0.39 is 0 Å². The number of aromatic nitrogens is 4. The van der Waals surface area contributed by atoms with Crippen LogP contribution in [-0.2, 0) is 17.7 Å². The van der Waals surface area contributed by atoms with Crippen molar-refractivity contribution in [3.05, 3.63) is 59.9 Å². The van der Waals surface area contributed by atoms with Gasteiger partial charge in [-0.2, -0.15) is 0 Å². The van der Waals surface area contributed by atoms with E-state index in [2.05, 4.69) is 31.1 Å². The molecule has 36 heavy (non-hydrogen) atoms. The highest BCUT2D eigenvalue weighted by Crippen LogP contribution is 2.22. The number of hydrogen-bond acceptors (Lipinski definition) is 6. The summed E-state index contributed by atoms with van der Waals surface area (Å²) in [6.45, 7) is 4.72. The standard InChI is InChI=1S/C26H34FN7O2/c1-36-16-15-34-25(30-31-32-34)22-6-2-7-24(18-22)29-26(35)28-12-4-14-33-13-3-5-21(19-33)17-20-8-10-23(27)11-9-20/h2,6-11,18,21H,3-5,12-17,19H2,1H3,(H2,28,29,35)/t21-/m0/s1. The maximum Gasteiger partial charge on any atom is 0.319 e. The molecule has 1 aromatic heterocycles. The van der Waals surface area contributed by atoms with Gasteiger partial charge in [-0.05, 0) is 84.9 Å². The Labute approximate surface area is 211 Å². The SMILES string of the molecule is COCCn1nnnc1-c1cccc(NC(=O)NCCCN2CCC[C@@H](Cc3ccc(F)cc3)C2)c1. The Morgan fingerprint density at radius 3 is 2.89 bits per heavy atom. The van der Waals surface area contributed by atoms with E-state index in [1.54, 1.807) is 11.8 Å². The lowest BCUT2D eigenvalue weighted by atomic mass is 9.91. The van der Waals surface area contributed by atoms with Gasteiger partial charge in [0.25, 0.3) is 0 Å². The summed E-state index contributed by atoms with van der Waals surface area (Å²) in [5, 5.41) is 17.7. The third-order valence-corrected chi connectivity index (χ3v) is 6.40. The summed E-state index contributed by atoms with van der Waals surface area (Å²) in [5.74, 6) is 1.02. The minimum absolute atomic E-state index is 0.187. The normalized spacial score (nSPS) is 16.1. The van der Waals surface area contributed by atoms with Crippen LogP contribution in [0.4, 0.5) is 14.9 Å². The number of halogens is 1. The van der Waals surface area contributed by atoms with E-state index in [1.807, 2.05) is 36.4 Å². The van der Waals surface area contributed by atoms with E-state index in [9.17, 15) is 9.18 Å². The van der Waals surface area contributed by atoms with Crippen LogP contribution in [0.3, 0.4) is 0 Å². The second kappa shape index (κ2) is 13.1. The second-order valence-electron chi connectivity index (χ2n) is 9.17. The molecule has 0 saturated carbocycles. The average molecular weight is 496 g/mol. The van der Waals surface area contributed by atoms with Crippen molar-refractivity contribution < 1.29 is 13.9 Å². The largest absolute Gasteiger partial charge is 0.383 e. The monoisotopic (exact) mass is 495 g/mol. The van der Waals surface area contributed by atoms with E-state index in [0.717, 1.165) is 38.0 Å². The van der Waals surface area contributed by atoms with Gasteiger partial charge in [0, 0.05) is 31.5 Å². The third kappa shape index (κ3) is 7.56. The summed E-state index contributed by atoms with van der Waals surface area (Å²) >= 11 is 0. The Bertz CT molecular complexity index is 1110. The second-order valence-corrected chi connectivity index (χ2v) is 9.17. The number of piperidine rings is 1. The first-order chi connectivity index (χ1) is 17.6. The first-order valence-corrected chi connectivity index (χ1v) is 12.5. The van der Waals surface area contributed by atoms with E-state index in [4.69, 9.17) is 4.74 Å². The van der Waals surface area contributed by atoms with Crippen LogP contribution in [-0.4, -0.2) is 71.0 Å². The lowest BCUT2D eigenvalue weighted by Crippen LogP contribution is -2.38. The van der Waals surface area contributed by atoms with Crippen LogP contribution in [0.2, 0.25) is 0 Å². The minimum atomic E-state index is -0.237. The molecule has 9 nitrogen and oxygen atoms in total. The molecule has 1 atom stereocenters. The molecule has 0 aliphatic carbocycles. The Hall–Kier alpha value is -3.37. The molecular formula is C26H34FN7O2. The molecule has 2 amide bonds. The molecule has 0 spiro atoms. The lowest BCUT2D eigenvalue weighted by molar-refractivity contribution is 0.172. The zero-order valence-electron chi connectivity index (χ0n) is 20.7. The fourth-order valence-electron chi connectivity index (χ4n) is 4.63. The van der Waals surface area contributed by atoms with Crippen LogP contribution in [0.25, 0.3) is 11.4 Å². The van der Waals surface area contributed by atoms with Gasteiger partial charge >= 0.3 is 6.03 Å². The highest BCUT2D eigenvalue weighted by atomic mass is 19.1. The molecule has 192 valence electrons. The van der Waals surface area contributed by atoms with Gasteiger partial charge in [0.2, 0.25) is 0 Å². The van der Waals surface area contributed by atoms with Crippen molar-refractivity contribution in [3.8, 4) is 11.4 Å². The Kier molecular flexibility index (Phi) is 9.34. The van der Waals surface area contributed by atoms with Crippen LogP contribution in [0, 0.1) is 11.7 Å². The molecule has 1 aliphatic heterocycles. The van der Waals surface area contributed by atoms with E-state index >= 15 is 0 Å². The van der Waals surface area contributed by atoms with Gasteiger partial charge < -0.3 is 20.3 Å². The van der Waals surface area contributed by atoms with Gasteiger partial charge in [0.05, 0.1) is 13.2 Å². The fraction of sp³-hybridized carbons (Fsp3) is 0.462. The van der Waals surface area contributed by atoms with Crippen molar-refractivity contribution in [2.45, 2.75) is 32.2 Å². The van der Waals surface area contributed by atoms with Crippen LogP contribution in [0.1, 0.15) is 24.8 Å². The first kappa shape index (κ1) is 25.7. The predicted octanol–water partition coefficient (Wildman–Crippen LogP) is 3.59. The highest BCUT2D eigenvalue weighted by molar-refractivity contribution is 5.89. The zero-order valence-corrected chi connectivity index (χ0v) is 20.7. The lowest BCUT2D eigenvalue weighted by Gasteiger charge is -2.32. The first-order valence-electron chi connectivity index (χ1n) is 12.5. The summed E-state index contributed by atoms with van der Waals surface area (Å²) in [6, 6.07) is 14.1. The number of urea groups is 1. The van der Waals surface area contributed by atoms with Gasteiger partial charge in [-0.3, -0.25) is 0 Å². The number of hydrogen-bond donors (Lipinski definition) is 2. The van der Waals surface area contributed by atoms with Crippen molar-refractivity contribution in [1.82, 2.24) is 30.4 Å². The molecule has 0 unspecified atom stereocenters. The molecule has 1 saturated heterocycles. The summed E-state index contributed by atoms with van der Waals surface area (Å²) in [6.07, 6.45) is 4.23. The molecule has 1 aliphatic rings. The van der Waals surface area contributed by atoms with Crippen LogP contribution in [0.5, 0.6) is 0 Å². The van der Waals surface area contributed by atoms with E-state index in [1.165, 1.54) is 30.5 Å². The van der Waals surface area contributed by atoms with Gasteiger partial charge in [0.15, 0.2) is 5.82 Å². The van der Waals surface area contributed by atoms with Gasteiger partial charge in [0.1, 0.15) is 5.82 Å². The van der Waals surface area contributed by atoms with E-state index in [0.29, 0.717) is 37.1 Å². The summed E-state index contributed by atoms with van der Waals surface area (Å²) in [5.41, 5.74) is 2.68. The van der Waals surface area contributed by atoms with Crippen LogP contribution < -0.4 is 10.6 Å². The van der Waals surface area contributed by atoms with E-state index in [-0.39, 0.29) is 11.8 Å². The minimum Gasteiger partial charge on any atom is -0.383 e. The molecule has 2 aromatic carbocycles. The smallest absolute Gasteiger partial charge is 0.319 e. The molecule has 0 bridgehead atoms. The topological polar surface area (TPSA) is 97.2 Å². The van der Waals surface area contributed by atoms with Crippen molar-refractivity contribution >= 4 is 11.7 Å². The number of amides is 2. The van der Waals surface area contributed by atoms with Crippen molar-refractivity contribution in [2.75, 3.05) is 45.2 Å². The number of tetrazole rings is 1. The Morgan fingerprint density at radius 2 is 2.06 bits per heavy atom. The number of methoxy groups -OCH3 is 1. The third-order valence-electron chi connectivity index (χ3n) is 6.40. The number of likely N-dealkylation sites (tertiary alicyclic amines) is 1. The molecular weight excluding hydrogens is 461 g/mol. The number of carbonyl (C=O) groups is 1. The summed E-state index contributed by atoms with van der Waals surface area (Å²) < 4.78 is 19.9. The van der Waals surface area contributed by atoms with Crippen LogP contribution in [0.15, 0.2) is 48.5 Å².